The Labute approximate surface area is 122 Å². The lowest BCUT2D eigenvalue weighted by molar-refractivity contribution is 0.0886. The summed E-state index contributed by atoms with van der Waals surface area (Å²) >= 11 is 3.11. The Morgan fingerprint density at radius 3 is 2.42 bits per heavy atom. The van der Waals surface area contributed by atoms with Crippen molar-refractivity contribution in [3.8, 4) is 0 Å². The fourth-order valence-electron chi connectivity index (χ4n) is 1.36. The van der Waals surface area contributed by atoms with Gasteiger partial charge in [0.2, 0.25) is 0 Å². The molecule has 19 heavy (non-hydrogen) atoms. The molecule has 1 rings (SSSR count). The van der Waals surface area contributed by atoms with E-state index in [4.69, 9.17) is 9.76 Å². The molecule has 1 aromatic rings. The minimum Gasteiger partial charge on any atom is -0.423 e. The highest BCUT2D eigenvalue weighted by Gasteiger charge is 2.23. The maximum absolute atomic E-state index is 11.4. The molecule has 0 amide bonds. The maximum atomic E-state index is 11.4. The van der Waals surface area contributed by atoms with Crippen molar-refractivity contribution >= 4 is 34.3 Å². The zero-order valence-electron chi connectivity index (χ0n) is 11.1. The number of aliphatic hydroxyl groups excluding tert-OH is 1. The van der Waals surface area contributed by atoms with Crippen molar-refractivity contribution in [2.75, 3.05) is 18.5 Å². The molecule has 2 N–H and O–H groups in total. The Kier molecular flexibility index (Phi) is 6.20. The standard InChI is InChI=1S/C13H18BBrO4/c1-13(2,8-16)9-19-14(18)11-5-3-10(4-6-11)12(17)7-15/h3-6,16,18H,7-9H2,1-2H3. The normalized spacial score (nSPS) is 11.4. The predicted molar refractivity (Wildman–Crippen MR) is 79.0 cm³/mol. The number of carbonyl (C=O) groups is 1. The third kappa shape index (κ3) is 5.07. The largest absolute Gasteiger partial charge is 0.491 e. The summed E-state index contributed by atoms with van der Waals surface area (Å²) in [7, 11) is -1.06. The van der Waals surface area contributed by atoms with Crippen LogP contribution in [-0.2, 0) is 4.65 Å². The van der Waals surface area contributed by atoms with Crippen molar-refractivity contribution in [2.45, 2.75) is 13.8 Å². The number of rotatable bonds is 7. The highest BCUT2D eigenvalue weighted by atomic mass is 79.9. The van der Waals surface area contributed by atoms with E-state index in [2.05, 4.69) is 15.9 Å². The summed E-state index contributed by atoms with van der Waals surface area (Å²) in [6.07, 6.45) is 0. The molecule has 0 unspecified atom stereocenters. The Morgan fingerprint density at radius 1 is 1.37 bits per heavy atom. The molecule has 0 radical (unpaired) electrons. The lowest BCUT2D eigenvalue weighted by Crippen LogP contribution is -2.37. The van der Waals surface area contributed by atoms with Gasteiger partial charge in [-0.1, -0.05) is 54.0 Å². The van der Waals surface area contributed by atoms with Crippen LogP contribution in [0.5, 0.6) is 0 Å². The van der Waals surface area contributed by atoms with E-state index in [0.29, 0.717) is 11.0 Å². The van der Waals surface area contributed by atoms with E-state index in [0.717, 1.165) is 0 Å². The number of carbonyl (C=O) groups excluding carboxylic acids is 1. The summed E-state index contributed by atoms with van der Waals surface area (Å²) in [5.74, 6) is -0.0108. The number of benzene rings is 1. The minimum atomic E-state index is -1.06. The van der Waals surface area contributed by atoms with E-state index < -0.39 is 12.5 Å². The van der Waals surface area contributed by atoms with Crippen molar-refractivity contribution in [1.29, 1.82) is 0 Å². The van der Waals surface area contributed by atoms with Gasteiger partial charge < -0.3 is 14.8 Å². The van der Waals surface area contributed by atoms with E-state index >= 15 is 0 Å². The van der Waals surface area contributed by atoms with Crippen molar-refractivity contribution in [1.82, 2.24) is 0 Å². The zero-order chi connectivity index (χ0) is 14.5. The first kappa shape index (κ1) is 16.4. The van der Waals surface area contributed by atoms with Crippen LogP contribution in [0, 0.1) is 5.41 Å². The SMILES string of the molecule is CC(C)(CO)COB(O)c1ccc(C(=O)CBr)cc1. The van der Waals surface area contributed by atoms with Crippen LogP contribution in [-0.4, -0.2) is 41.6 Å². The highest BCUT2D eigenvalue weighted by Crippen LogP contribution is 2.13. The molecule has 0 spiro atoms. The quantitative estimate of drug-likeness (QED) is 0.445. The molecule has 0 heterocycles. The Morgan fingerprint density at radius 2 is 1.95 bits per heavy atom. The molecule has 0 fully saturated rings. The molecule has 0 aliphatic rings. The Balaban J connectivity index is 2.63. The maximum Gasteiger partial charge on any atom is 0.491 e. The molecule has 0 saturated heterocycles. The zero-order valence-corrected chi connectivity index (χ0v) is 12.7. The van der Waals surface area contributed by atoms with Gasteiger partial charge in [-0.15, -0.1) is 0 Å². The monoisotopic (exact) mass is 328 g/mol. The lowest BCUT2D eigenvalue weighted by Gasteiger charge is -2.22. The highest BCUT2D eigenvalue weighted by molar-refractivity contribution is 9.09. The lowest BCUT2D eigenvalue weighted by atomic mass is 9.78. The van der Waals surface area contributed by atoms with Gasteiger partial charge in [-0.3, -0.25) is 4.79 Å². The van der Waals surface area contributed by atoms with Crippen LogP contribution in [0.25, 0.3) is 0 Å². The number of aliphatic hydroxyl groups is 1. The number of Topliss-reactive ketones (excluding diaryl/α,β-unsaturated/α-hetero) is 1. The second-order valence-corrected chi connectivity index (χ2v) is 5.73. The van der Waals surface area contributed by atoms with Crippen LogP contribution in [0.3, 0.4) is 0 Å². The molecular weight excluding hydrogens is 311 g/mol. The van der Waals surface area contributed by atoms with Crippen molar-refractivity contribution in [3.63, 3.8) is 0 Å². The summed E-state index contributed by atoms with van der Waals surface area (Å²) in [6, 6.07) is 6.63. The van der Waals surface area contributed by atoms with Crippen LogP contribution in [0.1, 0.15) is 24.2 Å². The topological polar surface area (TPSA) is 66.8 Å². The number of hydrogen-bond acceptors (Lipinski definition) is 4. The average Bonchev–Trinajstić information content (AvgIpc) is 2.44. The van der Waals surface area contributed by atoms with E-state index in [1.807, 2.05) is 13.8 Å². The van der Waals surface area contributed by atoms with Gasteiger partial charge in [0.25, 0.3) is 0 Å². The van der Waals surface area contributed by atoms with Gasteiger partial charge in [0.05, 0.1) is 11.9 Å². The van der Waals surface area contributed by atoms with Crippen LogP contribution in [0.2, 0.25) is 0 Å². The Bertz CT molecular complexity index is 419. The molecule has 0 bridgehead atoms. The van der Waals surface area contributed by atoms with Gasteiger partial charge in [0.15, 0.2) is 5.78 Å². The fraction of sp³-hybridized carbons (Fsp3) is 0.462. The second-order valence-electron chi connectivity index (χ2n) is 5.16. The number of alkyl halides is 1. The number of halogens is 1. The van der Waals surface area contributed by atoms with Crippen LogP contribution in [0.15, 0.2) is 24.3 Å². The first-order valence-corrected chi connectivity index (χ1v) is 7.11. The van der Waals surface area contributed by atoms with E-state index in [1.165, 1.54) is 0 Å². The van der Waals surface area contributed by atoms with Crippen molar-refractivity contribution < 1.29 is 19.6 Å². The van der Waals surface area contributed by atoms with Gasteiger partial charge >= 0.3 is 7.12 Å². The smallest absolute Gasteiger partial charge is 0.423 e. The summed E-state index contributed by atoms with van der Waals surface area (Å²) in [5, 5.41) is 19.2. The molecule has 104 valence electrons. The molecule has 0 aromatic heterocycles. The van der Waals surface area contributed by atoms with Gasteiger partial charge in [0.1, 0.15) is 0 Å². The van der Waals surface area contributed by atoms with E-state index in [1.54, 1.807) is 24.3 Å². The fourth-order valence-corrected chi connectivity index (χ4v) is 1.68. The summed E-state index contributed by atoms with van der Waals surface area (Å²) in [4.78, 5) is 11.4. The van der Waals surface area contributed by atoms with Crippen LogP contribution in [0.4, 0.5) is 0 Å². The number of ketones is 1. The third-order valence-corrected chi connectivity index (χ3v) is 3.21. The summed E-state index contributed by atoms with van der Waals surface area (Å²) in [6.45, 7) is 3.92. The molecule has 0 atom stereocenters. The first-order chi connectivity index (χ1) is 8.89. The van der Waals surface area contributed by atoms with E-state index in [9.17, 15) is 9.82 Å². The minimum absolute atomic E-state index is 0.0108. The van der Waals surface area contributed by atoms with Crippen LogP contribution >= 0.6 is 15.9 Å². The van der Waals surface area contributed by atoms with Crippen molar-refractivity contribution in [2.24, 2.45) is 5.41 Å². The third-order valence-electron chi connectivity index (χ3n) is 2.70. The summed E-state index contributed by atoms with van der Waals surface area (Å²) < 4.78 is 5.31. The molecular formula is C13H18BBrO4. The summed E-state index contributed by atoms with van der Waals surface area (Å²) in [5.41, 5.74) is 0.774. The molecule has 4 nitrogen and oxygen atoms in total. The predicted octanol–water partition coefficient (Wildman–Crippen LogP) is 0.987. The molecule has 0 saturated carbocycles. The molecule has 0 aliphatic heterocycles. The number of hydrogen-bond donors (Lipinski definition) is 2. The average molecular weight is 329 g/mol. The second kappa shape index (κ2) is 7.19. The molecule has 1 aromatic carbocycles. The van der Waals surface area contributed by atoms with Gasteiger partial charge in [-0.05, 0) is 5.46 Å². The van der Waals surface area contributed by atoms with Crippen LogP contribution < -0.4 is 5.46 Å². The van der Waals surface area contributed by atoms with Gasteiger partial charge in [-0.25, -0.2) is 0 Å². The van der Waals surface area contributed by atoms with Gasteiger partial charge in [-0.2, -0.15) is 0 Å². The van der Waals surface area contributed by atoms with Gasteiger partial charge in [0, 0.05) is 17.6 Å². The Hall–Kier alpha value is -0.685. The molecule has 6 heteroatoms. The first-order valence-electron chi connectivity index (χ1n) is 5.99. The molecule has 0 aliphatic carbocycles. The van der Waals surface area contributed by atoms with E-state index in [-0.39, 0.29) is 24.3 Å². The van der Waals surface area contributed by atoms with Crippen molar-refractivity contribution in [3.05, 3.63) is 29.8 Å².